The van der Waals surface area contributed by atoms with Crippen molar-refractivity contribution < 1.29 is 34.2 Å². The summed E-state index contributed by atoms with van der Waals surface area (Å²) in [6, 6.07) is -4.18. The second-order valence-corrected chi connectivity index (χ2v) is 9.24. The molecular weight excluding hydrogens is 480 g/mol. The predicted octanol–water partition coefficient (Wildman–Crippen LogP) is -1.06. The van der Waals surface area contributed by atoms with Crippen LogP contribution in [0.5, 0.6) is 0 Å². The van der Waals surface area contributed by atoms with Crippen LogP contribution >= 0.6 is 11.8 Å². The highest BCUT2D eigenvalue weighted by Gasteiger charge is 2.38. The van der Waals surface area contributed by atoms with Gasteiger partial charge in [0.1, 0.15) is 18.1 Å². The zero-order chi connectivity index (χ0) is 26.0. The number of rotatable bonds is 14. The molecule has 35 heavy (non-hydrogen) atoms. The summed E-state index contributed by atoms with van der Waals surface area (Å²) in [4.78, 5) is 69.3. The van der Waals surface area contributed by atoms with Crippen LogP contribution in [-0.2, 0) is 30.4 Å². The first kappa shape index (κ1) is 28.1. The molecule has 1 aromatic heterocycles. The highest BCUT2D eigenvalue weighted by atomic mass is 32.2. The fourth-order valence-corrected chi connectivity index (χ4v) is 4.24. The molecule has 3 amide bonds. The Morgan fingerprint density at radius 2 is 1.91 bits per heavy atom. The minimum Gasteiger partial charge on any atom is -0.481 e. The number of aliphatic carboxylic acids is 2. The van der Waals surface area contributed by atoms with Gasteiger partial charge in [0, 0.05) is 31.3 Å². The third-order valence-electron chi connectivity index (χ3n) is 5.66. The van der Waals surface area contributed by atoms with Crippen LogP contribution in [0, 0.1) is 0 Å². The number of aromatic amines is 1. The molecule has 0 bridgehead atoms. The summed E-state index contributed by atoms with van der Waals surface area (Å²) in [5.74, 6) is -3.51. The van der Waals surface area contributed by atoms with E-state index in [1.54, 1.807) is 0 Å². The molecule has 2 rings (SSSR count). The van der Waals surface area contributed by atoms with E-state index in [0.29, 0.717) is 24.3 Å². The van der Waals surface area contributed by atoms with Crippen LogP contribution in [0.3, 0.4) is 0 Å². The molecule has 14 heteroatoms. The number of nitrogens with one attached hydrogen (secondary N) is 3. The highest BCUT2D eigenvalue weighted by Crippen LogP contribution is 2.19. The van der Waals surface area contributed by atoms with Gasteiger partial charge >= 0.3 is 11.9 Å². The van der Waals surface area contributed by atoms with Gasteiger partial charge in [-0.2, -0.15) is 11.8 Å². The molecule has 13 nitrogen and oxygen atoms in total. The number of aromatic nitrogens is 2. The SMILES string of the molecule is CSCCC(NC(=O)C(N)CCC(=O)O)C(=O)NC(Cc1cnc[nH]1)C(=O)N1CCCC1C(=O)O. The second-order valence-electron chi connectivity index (χ2n) is 8.25. The summed E-state index contributed by atoms with van der Waals surface area (Å²) < 4.78 is 0. The van der Waals surface area contributed by atoms with E-state index in [4.69, 9.17) is 10.8 Å². The third kappa shape index (κ3) is 8.55. The summed E-state index contributed by atoms with van der Waals surface area (Å²) >= 11 is 1.46. The van der Waals surface area contributed by atoms with Gasteiger partial charge in [0.25, 0.3) is 0 Å². The number of nitrogens with two attached hydrogens (primary N) is 1. The molecule has 1 fully saturated rings. The van der Waals surface area contributed by atoms with Gasteiger partial charge in [-0.15, -0.1) is 0 Å². The first-order valence-electron chi connectivity index (χ1n) is 11.2. The van der Waals surface area contributed by atoms with E-state index < -0.39 is 53.8 Å². The zero-order valence-electron chi connectivity index (χ0n) is 19.4. The second kappa shape index (κ2) is 13.7. The molecule has 0 spiro atoms. The average Bonchev–Trinajstić information content (AvgIpc) is 3.51. The molecule has 1 aliphatic heterocycles. The Kier molecular flexibility index (Phi) is 11.0. The number of nitrogens with zero attached hydrogens (tertiary/aromatic N) is 2. The molecule has 0 saturated carbocycles. The Labute approximate surface area is 206 Å². The summed E-state index contributed by atoms with van der Waals surface area (Å²) in [5, 5.41) is 23.5. The van der Waals surface area contributed by atoms with Crippen molar-refractivity contribution in [2.24, 2.45) is 5.73 Å². The van der Waals surface area contributed by atoms with Crippen LogP contribution < -0.4 is 16.4 Å². The molecule has 1 saturated heterocycles. The molecule has 4 atom stereocenters. The Bertz CT molecular complexity index is 897. The van der Waals surface area contributed by atoms with E-state index in [2.05, 4.69) is 20.6 Å². The van der Waals surface area contributed by atoms with Crippen LogP contribution in [0.1, 0.15) is 37.8 Å². The standard InChI is InChI=1S/C21H32N6O7S/c1-35-8-6-14(25-18(30)13(22)4-5-17(28)29)19(31)26-15(9-12-10-23-11-24-12)20(32)27-7-2-3-16(27)21(33)34/h10-11,13-16H,2-9,22H2,1H3,(H,23,24)(H,25,30)(H,26,31)(H,28,29)(H,33,34). The Hall–Kier alpha value is -3.13. The molecule has 4 unspecified atom stereocenters. The molecule has 194 valence electrons. The van der Waals surface area contributed by atoms with Gasteiger partial charge in [-0.1, -0.05) is 0 Å². The van der Waals surface area contributed by atoms with E-state index in [0.717, 1.165) is 0 Å². The number of hydrogen-bond donors (Lipinski definition) is 6. The lowest BCUT2D eigenvalue weighted by Gasteiger charge is -2.28. The number of amides is 3. The highest BCUT2D eigenvalue weighted by molar-refractivity contribution is 7.98. The normalized spacial score (nSPS) is 17.9. The number of likely N-dealkylation sites (tertiary alicyclic amines) is 1. The van der Waals surface area contributed by atoms with Crippen molar-refractivity contribution in [2.75, 3.05) is 18.6 Å². The van der Waals surface area contributed by atoms with Crippen molar-refractivity contribution in [1.29, 1.82) is 0 Å². The molecule has 0 aromatic carbocycles. The fourth-order valence-electron chi connectivity index (χ4n) is 3.77. The molecule has 2 heterocycles. The van der Waals surface area contributed by atoms with Gasteiger partial charge in [0.15, 0.2) is 0 Å². The van der Waals surface area contributed by atoms with Crippen molar-refractivity contribution in [3.63, 3.8) is 0 Å². The molecule has 0 radical (unpaired) electrons. The van der Waals surface area contributed by atoms with Gasteiger partial charge in [0.05, 0.1) is 12.4 Å². The number of carbonyl (C=O) groups is 5. The number of carboxylic acids is 2. The smallest absolute Gasteiger partial charge is 0.326 e. The lowest BCUT2D eigenvalue weighted by Crippen LogP contribution is -2.57. The number of carboxylic acid groups (broad SMARTS) is 2. The quantitative estimate of drug-likeness (QED) is 0.178. The molecule has 0 aliphatic carbocycles. The van der Waals surface area contributed by atoms with Crippen molar-refractivity contribution >= 4 is 41.4 Å². The van der Waals surface area contributed by atoms with E-state index in [9.17, 15) is 29.1 Å². The van der Waals surface area contributed by atoms with Crippen LogP contribution in [0.4, 0.5) is 0 Å². The number of thioether (sulfide) groups is 1. The third-order valence-corrected chi connectivity index (χ3v) is 6.31. The lowest BCUT2D eigenvalue weighted by atomic mass is 10.1. The summed E-state index contributed by atoms with van der Waals surface area (Å²) in [7, 11) is 0. The number of imidazole rings is 1. The number of H-pyrrole nitrogens is 1. The van der Waals surface area contributed by atoms with E-state index in [-0.39, 0.29) is 32.2 Å². The van der Waals surface area contributed by atoms with Gasteiger partial charge < -0.3 is 36.5 Å². The van der Waals surface area contributed by atoms with Crippen molar-refractivity contribution in [2.45, 2.75) is 62.7 Å². The summed E-state index contributed by atoms with van der Waals surface area (Å²) in [6.45, 7) is 0.260. The molecule has 1 aliphatic rings. The van der Waals surface area contributed by atoms with Gasteiger partial charge in [-0.05, 0) is 37.7 Å². The fraction of sp³-hybridized carbons (Fsp3) is 0.619. The van der Waals surface area contributed by atoms with Crippen molar-refractivity contribution in [3.05, 3.63) is 18.2 Å². The van der Waals surface area contributed by atoms with Crippen molar-refractivity contribution in [1.82, 2.24) is 25.5 Å². The maximum absolute atomic E-state index is 13.3. The van der Waals surface area contributed by atoms with Crippen molar-refractivity contribution in [3.8, 4) is 0 Å². The van der Waals surface area contributed by atoms with E-state index in [1.165, 1.54) is 29.2 Å². The average molecular weight is 513 g/mol. The zero-order valence-corrected chi connectivity index (χ0v) is 20.3. The number of carbonyl (C=O) groups excluding carboxylic acids is 3. The maximum atomic E-state index is 13.3. The van der Waals surface area contributed by atoms with Crippen LogP contribution in [0.2, 0.25) is 0 Å². The Morgan fingerprint density at radius 1 is 1.20 bits per heavy atom. The summed E-state index contributed by atoms with van der Waals surface area (Å²) in [6.07, 6.45) is 5.53. The molecule has 7 N–H and O–H groups in total. The number of hydrogen-bond acceptors (Lipinski definition) is 8. The van der Waals surface area contributed by atoms with Gasteiger partial charge in [0.2, 0.25) is 17.7 Å². The van der Waals surface area contributed by atoms with Crippen LogP contribution in [-0.4, -0.2) is 97.5 Å². The van der Waals surface area contributed by atoms with E-state index >= 15 is 0 Å². The topological polar surface area (TPSA) is 208 Å². The van der Waals surface area contributed by atoms with Crippen LogP contribution in [0.15, 0.2) is 12.5 Å². The maximum Gasteiger partial charge on any atom is 0.326 e. The van der Waals surface area contributed by atoms with E-state index in [1.807, 2.05) is 6.26 Å². The molecule has 1 aromatic rings. The predicted molar refractivity (Wildman–Crippen MR) is 126 cm³/mol. The van der Waals surface area contributed by atoms with Gasteiger partial charge in [-0.3, -0.25) is 19.2 Å². The first-order valence-corrected chi connectivity index (χ1v) is 12.6. The monoisotopic (exact) mass is 512 g/mol. The Morgan fingerprint density at radius 3 is 2.51 bits per heavy atom. The largest absolute Gasteiger partial charge is 0.481 e. The first-order chi connectivity index (χ1) is 16.6. The molecular formula is C21H32N6O7S. The summed E-state index contributed by atoms with van der Waals surface area (Å²) in [5.41, 5.74) is 6.33. The van der Waals surface area contributed by atoms with Gasteiger partial charge in [-0.25, -0.2) is 9.78 Å². The Balaban J connectivity index is 2.16. The minimum absolute atomic E-state index is 0.0503. The van der Waals surface area contributed by atoms with Crippen LogP contribution in [0.25, 0.3) is 0 Å². The minimum atomic E-state index is -1.11. The lowest BCUT2D eigenvalue weighted by molar-refractivity contribution is -0.149.